The molecule has 4 heteroatoms. The number of rotatable bonds is 4. The molecular weight excluding hydrogens is 272 g/mol. The first-order valence-corrected chi connectivity index (χ1v) is 7.74. The fraction of sp³-hybridized carbons (Fsp3) is 0.333. The van der Waals surface area contributed by atoms with Crippen molar-refractivity contribution < 1.29 is 0 Å². The van der Waals surface area contributed by atoms with Crippen LogP contribution in [0.3, 0.4) is 0 Å². The fourth-order valence-corrected chi connectivity index (χ4v) is 2.87. The van der Waals surface area contributed by atoms with Gasteiger partial charge in [0, 0.05) is 25.7 Å². The van der Waals surface area contributed by atoms with Gasteiger partial charge in [-0.3, -0.25) is 0 Å². The molecule has 1 aromatic carbocycles. The van der Waals surface area contributed by atoms with Crippen LogP contribution in [0.1, 0.15) is 24.1 Å². The first-order chi connectivity index (χ1) is 10.8. The molecule has 3 rings (SSSR count). The standard InChI is InChI=1S/C18H20N4/c19-12-16-8-4-10-18(21-16)22-11-5-9-17(14-22)20-13-15-6-2-1-3-7-15/h1-4,6-8,10,17,20H,5,9,11,13-14H2. The summed E-state index contributed by atoms with van der Waals surface area (Å²) in [7, 11) is 0. The van der Waals surface area contributed by atoms with Crippen LogP contribution in [0.4, 0.5) is 5.82 Å². The van der Waals surface area contributed by atoms with Crippen molar-refractivity contribution in [2.45, 2.75) is 25.4 Å². The molecule has 1 unspecified atom stereocenters. The number of pyridine rings is 1. The van der Waals surface area contributed by atoms with Crippen LogP contribution >= 0.6 is 0 Å². The van der Waals surface area contributed by atoms with Crippen molar-refractivity contribution in [1.29, 1.82) is 5.26 Å². The molecule has 0 aliphatic carbocycles. The van der Waals surface area contributed by atoms with E-state index in [2.05, 4.69) is 45.5 Å². The molecule has 1 aliphatic heterocycles. The third kappa shape index (κ3) is 3.63. The van der Waals surface area contributed by atoms with Crippen molar-refractivity contribution in [1.82, 2.24) is 10.3 Å². The molecule has 0 bridgehead atoms. The van der Waals surface area contributed by atoms with Crippen LogP contribution in [0.15, 0.2) is 48.5 Å². The summed E-state index contributed by atoms with van der Waals surface area (Å²) in [5.74, 6) is 0.908. The van der Waals surface area contributed by atoms with Gasteiger partial charge in [-0.2, -0.15) is 5.26 Å². The Morgan fingerprint density at radius 1 is 1.18 bits per heavy atom. The Bertz CT molecular complexity index is 648. The van der Waals surface area contributed by atoms with Crippen molar-refractivity contribution in [3.05, 3.63) is 59.8 Å². The zero-order valence-corrected chi connectivity index (χ0v) is 12.6. The topological polar surface area (TPSA) is 52.0 Å². The Morgan fingerprint density at radius 3 is 2.86 bits per heavy atom. The molecule has 1 fully saturated rings. The summed E-state index contributed by atoms with van der Waals surface area (Å²) in [6.07, 6.45) is 2.33. The molecule has 0 radical (unpaired) electrons. The van der Waals surface area contributed by atoms with Crippen LogP contribution in [-0.4, -0.2) is 24.1 Å². The zero-order chi connectivity index (χ0) is 15.2. The van der Waals surface area contributed by atoms with Gasteiger partial charge < -0.3 is 10.2 Å². The number of hydrogen-bond donors (Lipinski definition) is 1. The molecule has 0 amide bonds. The van der Waals surface area contributed by atoms with Gasteiger partial charge >= 0.3 is 0 Å². The Balaban J connectivity index is 1.60. The molecule has 1 atom stereocenters. The molecule has 4 nitrogen and oxygen atoms in total. The molecule has 1 aliphatic rings. The lowest BCUT2D eigenvalue weighted by Gasteiger charge is -2.34. The minimum Gasteiger partial charge on any atom is -0.355 e. The second-order valence-corrected chi connectivity index (χ2v) is 5.64. The molecule has 1 saturated heterocycles. The number of aromatic nitrogens is 1. The highest BCUT2D eigenvalue weighted by Gasteiger charge is 2.20. The number of nitrogens with one attached hydrogen (secondary N) is 1. The van der Waals surface area contributed by atoms with E-state index in [1.54, 1.807) is 6.07 Å². The van der Waals surface area contributed by atoms with Gasteiger partial charge in [0.1, 0.15) is 17.6 Å². The average Bonchev–Trinajstić information content (AvgIpc) is 2.61. The largest absolute Gasteiger partial charge is 0.355 e. The molecular formula is C18H20N4. The maximum absolute atomic E-state index is 8.98. The van der Waals surface area contributed by atoms with Gasteiger partial charge in [0.25, 0.3) is 0 Å². The zero-order valence-electron chi connectivity index (χ0n) is 12.6. The number of hydrogen-bond acceptors (Lipinski definition) is 4. The van der Waals surface area contributed by atoms with Gasteiger partial charge in [0.2, 0.25) is 0 Å². The molecule has 2 aromatic rings. The van der Waals surface area contributed by atoms with E-state index in [0.717, 1.165) is 31.9 Å². The minimum absolute atomic E-state index is 0.460. The number of benzene rings is 1. The summed E-state index contributed by atoms with van der Waals surface area (Å²) < 4.78 is 0. The van der Waals surface area contributed by atoms with Crippen molar-refractivity contribution in [3.8, 4) is 6.07 Å². The maximum atomic E-state index is 8.98. The fourth-order valence-electron chi connectivity index (χ4n) is 2.87. The van der Waals surface area contributed by atoms with Gasteiger partial charge in [0.05, 0.1) is 0 Å². The average molecular weight is 292 g/mol. The van der Waals surface area contributed by atoms with Crippen LogP contribution in [0.25, 0.3) is 0 Å². The summed E-state index contributed by atoms with van der Waals surface area (Å²) in [6, 6.07) is 18.7. The Morgan fingerprint density at radius 2 is 2.05 bits per heavy atom. The lowest BCUT2D eigenvalue weighted by molar-refractivity contribution is 0.420. The normalized spacial score (nSPS) is 18.0. The predicted octanol–water partition coefficient (Wildman–Crippen LogP) is 2.71. The van der Waals surface area contributed by atoms with E-state index < -0.39 is 0 Å². The maximum Gasteiger partial charge on any atom is 0.142 e. The van der Waals surface area contributed by atoms with Crippen molar-refractivity contribution in [3.63, 3.8) is 0 Å². The van der Waals surface area contributed by atoms with Gasteiger partial charge in [-0.25, -0.2) is 4.98 Å². The van der Waals surface area contributed by atoms with E-state index in [1.807, 2.05) is 18.2 Å². The third-order valence-electron chi connectivity index (χ3n) is 4.03. The van der Waals surface area contributed by atoms with E-state index in [9.17, 15) is 0 Å². The van der Waals surface area contributed by atoms with Crippen molar-refractivity contribution in [2.24, 2.45) is 0 Å². The van der Waals surface area contributed by atoms with Gasteiger partial charge in [-0.15, -0.1) is 0 Å². The lowest BCUT2D eigenvalue weighted by Crippen LogP contribution is -2.45. The first kappa shape index (κ1) is 14.6. The smallest absolute Gasteiger partial charge is 0.142 e. The van der Waals surface area contributed by atoms with E-state index >= 15 is 0 Å². The molecule has 0 spiro atoms. The monoisotopic (exact) mass is 292 g/mol. The Labute approximate surface area is 131 Å². The summed E-state index contributed by atoms with van der Waals surface area (Å²) in [6.45, 7) is 2.84. The lowest BCUT2D eigenvalue weighted by atomic mass is 10.1. The highest BCUT2D eigenvalue weighted by Crippen LogP contribution is 2.18. The Hall–Kier alpha value is -2.38. The van der Waals surface area contributed by atoms with E-state index in [0.29, 0.717) is 11.7 Å². The number of anilines is 1. The minimum atomic E-state index is 0.460. The quantitative estimate of drug-likeness (QED) is 0.941. The van der Waals surface area contributed by atoms with Gasteiger partial charge in [-0.1, -0.05) is 36.4 Å². The van der Waals surface area contributed by atoms with E-state index in [4.69, 9.17) is 5.26 Å². The molecule has 22 heavy (non-hydrogen) atoms. The summed E-state index contributed by atoms with van der Waals surface area (Å²) in [5, 5.41) is 12.6. The van der Waals surface area contributed by atoms with Crippen LogP contribution < -0.4 is 10.2 Å². The Kier molecular flexibility index (Phi) is 4.67. The summed E-state index contributed by atoms with van der Waals surface area (Å²) in [5.41, 5.74) is 1.79. The highest BCUT2D eigenvalue weighted by molar-refractivity contribution is 5.42. The van der Waals surface area contributed by atoms with Crippen molar-refractivity contribution in [2.75, 3.05) is 18.0 Å². The van der Waals surface area contributed by atoms with Crippen molar-refractivity contribution >= 4 is 5.82 Å². The first-order valence-electron chi connectivity index (χ1n) is 7.74. The van der Waals surface area contributed by atoms with Crippen LogP contribution in [0.5, 0.6) is 0 Å². The van der Waals surface area contributed by atoms with Crippen LogP contribution in [0.2, 0.25) is 0 Å². The van der Waals surface area contributed by atoms with E-state index in [-0.39, 0.29) is 0 Å². The SMILES string of the molecule is N#Cc1cccc(N2CCCC(NCc3ccccc3)C2)n1. The molecule has 1 aromatic heterocycles. The third-order valence-corrected chi connectivity index (χ3v) is 4.03. The number of nitriles is 1. The predicted molar refractivity (Wildman–Crippen MR) is 87.5 cm³/mol. The summed E-state index contributed by atoms with van der Waals surface area (Å²) >= 11 is 0. The second kappa shape index (κ2) is 7.06. The molecule has 1 N–H and O–H groups in total. The molecule has 112 valence electrons. The van der Waals surface area contributed by atoms with E-state index in [1.165, 1.54) is 12.0 Å². The number of nitrogens with zero attached hydrogens (tertiary/aromatic N) is 3. The molecule has 2 heterocycles. The van der Waals surface area contributed by atoms with Crippen LogP contribution in [-0.2, 0) is 6.54 Å². The second-order valence-electron chi connectivity index (χ2n) is 5.64. The highest BCUT2D eigenvalue weighted by atomic mass is 15.2. The molecule has 0 saturated carbocycles. The van der Waals surface area contributed by atoms with Gasteiger partial charge in [0.15, 0.2) is 0 Å². The van der Waals surface area contributed by atoms with Gasteiger partial charge in [-0.05, 0) is 30.5 Å². The number of piperidine rings is 1. The van der Waals surface area contributed by atoms with Crippen LogP contribution in [0, 0.1) is 11.3 Å². The summed E-state index contributed by atoms with van der Waals surface area (Å²) in [4.78, 5) is 6.68.